The van der Waals surface area contributed by atoms with Crippen LogP contribution in [0.1, 0.15) is 18.4 Å². The molecule has 0 radical (unpaired) electrons. The largest absolute Gasteiger partial charge is 0.469 e. The fraction of sp³-hybridized carbons (Fsp3) is 0.529. The molecular formula is C17H25ClIN3O2. The van der Waals surface area contributed by atoms with Crippen LogP contribution in [0.2, 0.25) is 5.02 Å². The van der Waals surface area contributed by atoms with E-state index in [1.165, 1.54) is 12.7 Å². The smallest absolute Gasteiger partial charge is 0.308 e. The van der Waals surface area contributed by atoms with Crippen LogP contribution >= 0.6 is 35.6 Å². The normalized spacial score (nSPS) is 15.6. The summed E-state index contributed by atoms with van der Waals surface area (Å²) in [5, 5.41) is 4.14. The van der Waals surface area contributed by atoms with Crippen molar-refractivity contribution in [2.75, 3.05) is 33.8 Å². The first-order valence-corrected chi connectivity index (χ1v) is 8.29. The summed E-state index contributed by atoms with van der Waals surface area (Å²) in [6.07, 6.45) is 2.53. The van der Waals surface area contributed by atoms with Crippen molar-refractivity contribution in [3.05, 3.63) is 34.9 Å². The van der Waals surface area contributed by atoms with Crippen LogP contribution in [0.15, 0.2) is 29.3 Å². The number of guanidine groups is 1. The zero-order chi connectivity index (χ0) is 16.7. The second-order valence-electron chi connectivity index (χ2n) is 5.63. The molecule has 1 aromatic rings. The average Bonchev–Trinajstić information content (AvgIpc) is 2.60. The van der Waals surface area contributed by atoms with Crippen molar-refractivity contribution in [3.63, 3.8) is 0 Å². The number of nitrogens with one attached hydrogen (secondary N) is 1. The molecule has 24 heavy (non-hydrogen) atoms. The van der Waals surface area contributed by atoms with E-state index in [4.69, 9.17) is 16.3 Å². The summed E-state index contributed by atoms with van der Waals surface area (Å²) >= 11 is 5.89. The van der Waals surface area contributed by atoms with E-state index in [1.807, 2.05) is 24.3 Å². The number of hydrogen-bond donors (Lipinski definition) is 1. The van der Waals surface area contributed by atoms with Gasteiger partial charge in [-0.25, -0.2) is 0 Å². The average molecular weight is 466 g/mol. The lowest BCUT2D eigenvalue weighted by Gasteiger charge is -2.33. The molecule has 1 aliphatic rings. The van der Waals surface area contributed by atoms with Crippen molar-refractivity contribution in [1.29, 1.82) is 0 Å². The van der Waals surface area contributed by atoms with Gasteiger partial charge in [0, 0.05) is 31.7 Å². The third-order valence-electron chi connectivity index (χ3n) is 4.15. The van der Waals surface area contributed by atoms with Crippen molar-refractivity contribution in [1.82, 2.24) is 10.2 Å². The molecule has 0 bridgehead atoms. The highest BCUT2D eigenvalue weighted by atomic mass is 127. The van der Waals surface area contributed by atoms with Crippen molar-refractivity contribution in [2.45, 2.75) is 19.3 Å². The van der Waals surface area contributed by atoms with Crippen LogP contribution in [-0.4, -0.2) is 50.6 Å². The van der Waals surface area contributed by atoms with E-state index in [0.29, 0.717) is 0 Å². The Morgan fingerprint density at radius 3 is 2.50 bits per heavy atom. The Labute approximate surface area is 165 Å². The van der Waals surface area contributed by atoms with Gasteiger partial charge in [-0.05, 0) is 37.0 Å². The van der Waals surface area contributed by atoms with Crippen LogP contribution in [0.5, 0.6) is 0 Å². The minimum absolute atomic E-state index is 0. The lowest BCUT2D eigenvalue weighted by Crippen LogP contribution is -2.47. The Hall–Kier alpha value is -1.02. The molecule has 0 unspecified atom stereocenters. The van der Waals surface area contributed by atoms with Gasteiger partial charge in [0.1, 0.15) is 0 Å². The van der Waals surface area contributed by atoms with E-state index in [1.54, 1.807) is 7.05 Å². The van der Waals surface area contributed by atoms with E-state index in [9.17, 15) is 4.79 Å². The Bertz CT molecular complexity index is 543. The maximum atomic E-state index is 11.6. The third kappa shape index (κ3) is 6.12. The molecule has 7 heteroatoms. The van der Waals surface area contributed by atoms with Crippen LogP contribution in [0.3, 0.4) is 0 Å². The van der Waals surface area contributed by atoms with Crippen LogP contribution in [-0.2, 0) is 16.0 Å². The standard InChI is InChI=1S/C17H24ClN3O2.HI/c1-19-17(20-10-7-13-3-5-15(18)6-4-13)21-11-8-14(9-12-21)16(22)23-2;/h3-6,14H,7-12H2,1-2H3,(H,19,20);1H. The van der Waals surface area contributed by atoms with Crippen molar-refractivity contribution < 1.29 is 9.53 Å². The zero-order valence-corrected chi connectivity index (χ0v) is 17.2. The molecule has 1 saturated heterocycles. The van der Waals surface area contributed by atoms with E-state index < -0.39 is 0 Å². The molecule has 0 amide bonds. The molecule has 0 atom stereocenters. The predicted molar refractivity (Wildman–Crippen MR) is 108 cm³/mol. The van der Waals surface area contributed by atoms with Crippen LogP contribution in [0.4, 0.5) is 0 Å². The summed E-state index contributed by atoms with van der Waals surface area (Å²) in [6, 6.07) is 7.88. The Kier molecular flexibility index (Phi) is 9.43. The van der Waals surface area contributed by atoms with Gasteiger partial charge < -0.3 is 15.0 Å². The fourth-order valence-corrected chi connectivity index (χ4v) is 2.92. The summed E-state index contributed by atoms with van der Waals surface area (Å²) in [6.45, 7) is 2.45. The lowest BCUT2D eigenvalue weighted by atomic mass is 9.97. The summed E-state index contributed by atoms with van der Waals surface area (Å²) in [4.78, 5) is 18.1. The topological polar surface area (TPSA) is 53.9 Å². The number of esters is 1. The molecule has 1 aliphatic heterocycles. The Morgan fingerprint density at radius 2 is 1.96 bits per heavy atom. The highest BCUT2D eigenvalue weighted by Crippen LogP contribution is 2.18. The first-order chi connectivity index (χ1) is 11.1. The number of piperidine rings is 1. The number of rotatable bonds is 4. The molecule has 1 heterocycles. The van der Waals surface area contributed by atoms with E-state index in [0.717, 1.165) is 49.9 Å². The van der Waals surface area contributed by atoms with Crippen LogP contribution < -0.4 is 5.32 Å². The van der Waals surface area contributed by atoms with Crippen molar-refractivity contribution in [2.24, 2.45) is 10.9 Å². The van der Waals surface area contributed by atoms with E-state index in [-0.39, 0.29) is 35.9 Å². The minimum Gasteiger partial charge on any atom is -0.469 e. The quantitative estimate of drug-likeness (QED) is 0.321. The molecule has 1 N–H and O–H groups in total. The monoisotopic (exact) mass is 465 g/mol. The van der Waals surface area contributed by atoms with E-state index >= 15 is 0 Å². The first-order valence-electron chi connectivity index (χ1n) is 7.92. The van der Waals surface area contributed by atoms with Crippen molar-refractivity contribution in [3.8, 4) is 0 Å². The summed E-state index contributed by atoms with van der Waals surface area (Å²) < 4.78 is 4.82. The molecule has 0 aromatic heterocycles. The molecule has 1 aromatic carbocycles. The lowest BCUT2D eigenvalue weighted by molar-refractivity contribution is -0.146. The summed E-state index contributed by atoms with van der Waals surface area (Å²) in [7, 11) is 3.24. The minimum atomic E-state index is -0.102. The van der Waals surface area contributed by atoms with Gasteiger partial charge in [-0.2, -0.15) is 0 Å². The molecule has 0 aliphatic carbocycles. The van der Waals surface area contributed by atoms with Gasteiger partial charge in [-0.15, -0.1) is 24.0 Å². The fourth-order valence-electron chi connectivity index (χ4n) is 2.80. The maximum absolute atomic E-state index is 11.6. The molecule has 134 valence electrons. The zero-order valence-electron chi connectivity index (χ0n) is 14.1. The number of halogens is 2. The number of aliphatic imine (C=N–C) groups is 1. The summed E-state index contributed by atoms with van der Waals surface area (Å²) in [5.41, 5.74) is 1.24. The van der Waals surface area contributed by atoms with Crippen LogP contribution in [0, 0.1) is 5.92 Å². The first kappa shape index (κ1) is 21.0. The van der Waals surface area contributed by atoms with Gasteiger partial charge in [0.25, 0.3) is 0 Å². The number of hydrogen-bond acceptors (Lipinski definition) is 3. The van der Waals surface area contributed by atoms with Crippen LogP contribution in [0.25, 0.3) is 0 Å². The number of likely N-dealkylation sites (tertiary alicyclic amines) is 1. The molecule has 0 spiro atoms. The molecule has 1 fully saturated rings. The van der Waals surface area contributed by atoms with Gasteiger partial charge >= 0.3 is 5.97 Å². The van der Waals surface area contributed by atoms with Crippen molar-refractivity contribution >= 4 is 47.5 Å². The second-order valence-corrected chi connectivity index (χ2v) is 6.07. The SMILES string of the molecule is CN=C(NCCc1ccc(Cl)cc1)N1CCC(C(=O)OC)CC1.I. The molecular weight excluding hydrogens is 441 g/mol. The van der Waals surface area contributed by atoms with Gasteiger partial charge in [-0.3, -0.25) is 9.79 Å². The molecule has 5 nitrogen and oxygen atoms in total. The van der Waals surface area contributed by atoms with Gasteiger partial charge in [0.05, 0.1) is 13.0 Å². The molecule has 2 rings (SSSR count). The number of ether oxygens (including phenoxy) is 1. The number of nitrogens with zero attached hydrogens (tertiary/aromatic N) is 2. The highest BCUT2D eigenvalue weighted by molar-refractivity contribution is 14.0. The van der Waals surface area contributed by atoms with E-state index in [2.05, 4.69) is 15.2 Å². The Morgan fingerprint density at radius 1 is 1.33 bits per heavy atom. The van der Waals surface area contributed by atoms with Gasteiger partial charge in [-0.1, -0.05) is 23.7 Å². The Balaban J connectivity index is 0.00000288. The highest BCUT2D eigenvalue weighted by Gasteiger charge is 2.26. The molecule has 0 saturated carbocycles. The number of methoxy groups -OCH3 is 1. The summed E-state index contributed by atoms with van der Waals surface area (Å²) in [5.74, 6) is 0.807. The number of carbonyl (C=O) groups excluding carboxylic acids is 1. The number of carbonyl (C=O) groups is 1. The third-order valence-corrected chi connectivity index (χ3v) is 4.40. The van der Waals surface area contributed by atoms with Gasteiger partial charge in [0.15, 0.2) is 5.96 Å². The maximum Gasteiger partial charge on any atom is 0.308 e. The second kappa shape index (κ2) is 10.8. The predicted octanol–water partition coefficient (Wildman–Crippen LogP) is 2.96. The number of benzene rings is 1. The van der Waals surface area contributed by atoms with Gasteiger partial charge in [0.2, 0.25) is 0 Å².